The predicted octanol–water partition coefficient (Wildman–Crippen LogP) is 0.577. The number of nitrogens with zero attached hydrogens (tertiary/aromatic N) is 4. The zero-order valence-electron chi connectivity index (χ0n) is 15.9. The second kappa shape index (κ2) is 7.43. The van der Waals surface area contributed by atoms with Crippen molar-refractivity contribution < 1.29 is 13.2 Å². The molecule has 0 spiro atoms. The third kappa shape index (κ3) is 4.07. The van der Waals surface area contributed by atoms with Crippen molar-refractivity contribution in [2.24, 2.45) is 0 Å². The summed E-state index contributed by atoms with van der Waals surface area (Å²) in [6.07, 6.45) is 3.34. The molecule has 1 atom stereocenters. The maximum Gasteiger partial charge on any atom is 0.348 e. The lowest BCUT2D eigenvalue weighted by molar-refractivity contribution is -0.121. The average Bonchev–Trinajstić information content (AvgIpc) is 3.26. The first-order valence-corrected chi connectivity index (χ1v) is 11.1. The molecule has 9 nitrogen and oxygen atoms in total. The van der Waals surface area contributed by atoms with Crippen LogP contribution in [0, 0.1) is 6.92 Å². The topological polar surface area (TPSA) is 116 Å². The molecule has 0 bridgehead atoms. The van der Waals surface area contributed by atoms with Crippen LogP contribution in [0.25, 0.3) is 11.0 Å². The van der Waals surface area contributed by atoms with E-state index in [0.717, 1.165) is 11.1 Å². The molecule has 0 radical (unpaired) electrons. The van der Waals surface area contributed by atoms with E-state index < -0.39 is 15.5 Å². The van der Waals surface area contributed by atoms with E-state index >= 15 is 0 Å². The number of benzene rings is 1. The van der Waals surface area contributed by atoms with Gasteiger partial charge in [-0.05, 0) is 18.9 Å². The number of hydrogen-bond acceptors (Lipinski definition) is 6. The minimum Gasteiger partial charge on any atom is -0.350 e. The van der Waals surface area contributed by atoms with Gasteiger partial charge in [0.05, 0.1) is 35.5 Å². The molecule has 0 saturated carbocycles. The molecule has 1 fully saturated rings. The lowest BCUT2D eigenvalue weighted by Gasteiger charge is -2.11. The van der Waals surface area contributed by atoms with Crippen LogP contribution in [0.15, 0.2) is 41.5 Å². The number of aryl methyl sites for hydroxylation is 1. The summed E-state index contributed by atoms with van der Waals surface area (Å²) >= 11 is 0. The summed E-state index contributed by atoms with van der Waals surface area (Å²) in [6.45, 7) is 2.16. The predicted molar refractivity (Wildman–Crippen MR) is 107 cm³/mol. The Morgan fingerprint density at radius 3 is 2.66 bits per heavy atom. The number of carbonyl (C=O) groups is 1. The number of amides is 1. The fourth-order valence-corrected chi connectivity index (χ4v) is 5.20. The molecule has 2 aromatic heterocycles. The van der Waals surface area contributed by atoms with E-state index in [9.17, 15) is 18.0 Å². The SMILES string of the molecule is Cc1ccc(CNC(=O)Cn2c(=O)ncc3c2cnn3[C@@H]2CCS(=O)(=O)C2)cc1. The zero-order valence-corrected chi connectivity index (χ0v) is 16.7. The first-order chi connectivity index (χ1) is 13.8. The van der Waals surface area contributed by atoms with Gasteiger partial charge in [-0.2, -0.15) is 10.1 Å². The van der Waals surface area contributed by atoms with E-state index in [-0.39, 0.29) is 30.0 Å². The molecule has 4 rings (SSSR count). The van der Waals surface area contributed by atoms with Crippen molar-refractivity contribution in [2.45, 2.75) is 32.5 Å². The van der Waals surface area contributed by atoms with E-state index in [0.29, 0.717) is 24.0 Å². The van der Waals surface area contributed by atoms with E-state index in [1.54, 1.807) is 4.68 Å². The Bertz CT molecular complexity index is 1230. The lowest BCUT2D eigenvalue weighted by Crippen LogP contribution is -2.33. The van der Waals surface area contributed by atoms with Gasteiger partial charge in [0.15, 0.2) is 9.84 Å². The summed E-state index contributed by atoms with van der Waals surface area (Å²) in [6, 6.07) is 7.51. The number of fused-ring (bicyclic) bond motifs is 1. The summed E-state index contributed by atoms with van der Waals surface area (Å²) in [5.74, 6) is -0.189. The highest BCUT2D eigenvalue weighted by molar-refractivity contribution is 7.91. The first kappa shape index (κ1) is 19.3. The number of carbonyl (C=O) groups excluding carboxylic acids is 1. The Morgan fingerprint density at radius 2 is 1.97 bits per heavy atom. The molecule has 152 valence electrons. The van der Waals surface area contributed by atoms with Gasteiger partial charge in [-0.1, -0.05) is 29.8 Å². The minimum atomic E-state index is -3.08. The van der Waals surface area contributed by atoms with Crippen LogP contribution < -0.4 is 11.0 Å². The molecule has 1 N–H and O–H groups in total. The van der Waals surface area contributed by atoms with Gasteiger partial charge in [-0.3, -0.25) is 14.0 Å². The van der Waals surface area contributed by atoms with Crippen molar-refractivity contribution in [3.63, 3.8) is 0 Å². The number of hydrogen-bond donors (Lipinski definition) is 1. The summed E-state index contributed by atoms with van der Waals surface area (Å²) in [5.41, 5.74) is 2.54. The summed E-state index contributed by atoms with van der Waals surface area (Å²) < 4.78 is 26.4. The van der Waals surface area contributed by atoms with Gasteiger partial charge in [0.25, 0.3) is 0 Å². The van der Waals surface area contributed by atoms with Crippen LogP contribution in [-0.4, -0.2) is 45.2 Å². The van der Waals surface area contributed by atoms with Crippen LogP contribution >= 0.6 is 0 Å². The highest BCUT2D eigenvalue weighted by Gasteiger charge is 2.31. The van der Waals surface area contributed by atoms with E-state index in [1.807, 2.05) is 31.2 Å². The molecule has 29 heavy (non-hydrogen) atoms. The average molecular weight is 415 g/mol. The Hall–Kier alpha value is -3.01. The number of rotatable bonds is 5. The molecule has 10 heteroatoms. The Morgan fingerprint density at radius 1 is 1.21 bits per heavy atom. The third-order valence-corrected chi connectivity index (χ3v) is 6.85. The van der Waals surface area contributed by atoms with Crippen molar-refractivity contribution in [1.29, 1.82) is 0 Å². The maximum atomic E-state index is 12.4. The number of aromatic nitrogens is 4. The van der Waals surface area contributed by atoms with Gasteiger partial charge in [0.1, 0.15) is 12.1 Å². The Kier molecular flexibility index (Phi) is 4.95. The summed E-state index contributed by atoms with van der Waals surface area (Å²) in [4.78, 5) is 28.5. The Labute approximate surface area is 167 Å². The number of sulfone groups is 1. The maximum absolute atomic E-state index is 12.4. The van der Waals surface area contributed by atoms with Gasteiger partial charge >= 0.3 is 5.69 Å². The zero-order chi connectivity index (χ0) is 20.6. The van der Waals surface area contributed by atoms with E-state index in [2.05, 4.69) is 15.4 Å². The molecule has 0 aliphatic carbocycles. The van der Waals surface area contributed by atoms with Crippen molar-refractivity contribution >= 4 is 26.8 Å². The fraction of sp³-hybridized carbons (Fsp3) is 0.368. The van der Waals surface area contributed by atoms with Crippen LogP contribution in [0.3, 0.4) is 0 Å². The highest BCUT2D eigenvalue weighted by Crippen LogP contribution is 2.26. The molecule has 1 aromatic carbocycles. The first-order valence-electron chi connectivity index (χ1n) is 9.28. The van der Waals surface area contributed by atoms with Gasteiger partial charge in [0, 0.05) is 6.54 Å². The molecule has 1 amide bonds. The van der Waals surface area contributed by atoms with Gasteiger partial charge < -0.3 is 5.32 Å². The van der Waals surface area contributed by atoms with Crippen molar-refractivity contribution in [3.8, 4) is 0 Å². The van der Waals surface area contributed by atoms with Gasteiger partial charge in [-0.25, -0.2) is 13.2 Å². The Balaban J connectivity index is 1.54. The summed E-state index contributed by atoms with van der Waals surface area (Å²) in [7, 11) is -3.08. The molecule has 0 unspecified atom stereocenters. The van der Waals surface area contributed by atoms with Gasteiger partial charge in [-0.15, -0.1) is 0 Å². The smallest absolute Gasteiger partial charge is 0.348 e. The van der Waals surface area contributed by atoms with Crippen molar-refractivity contribution in [3.05, 3.63) is 58.3 Å². The fourth-order valence-electron chi connectivity index (χ4n) is 3.50. The van der Waals surface area contributed by atoms with Crippen molar-refractivity contribution in [1.82, 2.24) is 24.6 Å². The van der Waals surface area contributed by atoms with Crippen LogP contribution in [0.1, 0.15) is 23.6 Å². The molecule has 3 heterocycles. The molecule has 1 aliphatic heterocycles. The van der Waals surface area contributed by atoms with Crippen LogP contribution in [0.4, 0.5) is 0 Å². The largest absolute Gasteiger partial charge is 0.350 e. The van der Waals surface area contributed by atoms with Crippen LogP contribution in [0.5, 0.6) is 0 Å². The van der Waals surface area contributed by atoms with Crippen LogP contribution in [-0.2, 0) is 27.7 Å². The third-order valence-electron chi connectivity index (χ3n) is 5.10. The molecule has 3 aromatic rings. The normalized spacial score (nSPS) is 18.2. The second-order valence-corrected chi connectivity index (χ2v) is 9.53. The molecule has 1 saturated heterocycles. The molecular weight excluding hydrogens is 394 g/mol. The minimum absolute atomic E-state index is 0.0138. The standard InChI is InChI=1S/C19H21N5O4S/c1-13-2-4-14(5-3-13)8-20-18(25)11-23-16-10-22-24(17(16)9-21-19(23)26)15-6-7-29(27,28)12-15/h2-5,9-10,15H,6-8,11-12H2,1H3,(H,20,25)/t15-/m1/s1. The quantitative estimate of drug-likeness (QED) is 0.652. The highest BCUT2D eigenvalue weighted by atomic mass is 32.2. The second-order valence-electron chi connectivity index (χ2n) is 7.31. The van der Waals surface area contributed by atoms with Crippen LogP contribution in [0.2, 0.25) is 0 Å². The summed E-state index contributed by atoms with van der Waals surface area (Å²) in [5, 5.41) is 7.07. The van der Waals surface area contributed by atoms with Gasteiger partial charge in [0.2, 0.25) is 5.91 Å². The van der Waals surface area contributed by atoms with Crippen molar-refractivity contribution in [2.75, 3.05) is 11.5 Å². The van der Waals surface area contributed by atoms with E-state index in [1.165, 1.54) is 17.0 Å². The monoisotopic (exact) mass is 415 g/mol. The molecule has 1 aliphatic rings. The van der Waals surface area contributed by atoms with E-state index in [4.69, 9.17) is 0 Å². The number of nitrogens with one attached hydrogen (secondary N) is 1. The lowest BCUT2D eigenvalue weighted by atomic mass is 10.1. The molecular formula is C19H21N5O4S.